The Morgan fingerprint density at radius 2 is 1.90 bits per heavy atom. The normalized spacial score (nSPS) is 11.0. The maximum Gasteiger partial charge on any atom is 0.225 e. The summed E-state index contributed by atoms with van der Waals surface area (Å²) >= 11 is 7.71. The lowest BCUT2D eigenvalue weighted by atomic mass is 10.1. The molecule has 0 saturated heterocycles. The SMILES string of the molecule is CCc1ccc(N(C)c2nc(Cl)nc3sc(C)cc23)cc1. The standard InChI is InChI=1S/C16H16ClN3S/c1-4-11-5-7-12(8-6-11)20(3)14-13-9-10(2)21-15(13)19-16(17)18-14/h5-9H,4H2,1-3H3. The summed E-state index contributed by atoms with van der Waals surface area (Å²) in [5, 5.41) is 1.33. The molecule has 0 saturated carbocycles. The molecule has 0 aliphatic rings. The fourth-order valence-electron chi connectivity index (χ4n) is 2.33. The fourth-order valence-corrected chi connectivity index (χ4v) is 3.42. The van der Waals surface area contributed by atoms with Crippen molar-refractivity contribution in [2.24, 2.45) is 0 Å². The topological polar surface area (TPSA) is 29.0 Å². The van der Waals surface area contributed by atoms with Gasteiger partial charge >= 0.3 is 0 Å². The minimum atomic E-state index is 0.288. The van der Waals surface area contributed by atoms with Crippen molar-refractivity contribution < 1.29 is 0 Å². The van der Waals surface area contributed by atoms with Crippen molar-refractivity contribution in [1.82, 2.24) is 9.97 Å². The second-order valence-electron chi connectivity index (χ2n) is 4.97. The van der Waals surface area contributed by atoms with Crippen LogP contribution < -0.4 is 4.90 Å². The molecule has 3 nitrogen and oxygen atoms in total. The van der Waals surface area contributed by atoms with Gasteiger partial charge in [-0.15, -0.1) is 11.3 Å². The minimum absolute atomic E-state index is 0.288. The summed E-state index contributed by atoms with van der Waals surface area (Å²) in [5.41, 5.74) is 2.41. The van der Waals surface area contributed by atoms with Crippen LogP contribution in [0.2, 0.25) is 5.28 Å². The van der Waals surface area contributed by atoms with Gasteiger partial charge < -0.3 is 4.90 Å². The van der Waals surface area contributed by atoms with E-state index in [2.05, 4.69) is 59.0 Å². The van der Waals surface area contributed by atoms with E-state index < -0.39 is 0 Å². The van der Waals surface area contributed by atoms with Gasteiger partial charge in [-0.2, -0.15) is 4.98 Å². The number of fused-ring (bicyclic) bond motifs is 1. The zero-order valence-corrected chi connectivity index (χ0v) is 13.8. The van der Waals surface area contributed by atoms with E-state index in [1.54, 1.807) is 11.3 Å². The van der Waals surface area contributed by atoms with Gasteiger partial charge in [0.15, 0.2) is 0 Å². The third-order valence-electron chi connectivity index (χ3n) is 3.52. The van der Waals surface area contributed by atoms with E-state index in [0.717, 1.165) is 28.1 Å². The number of aromatic nitrogens is 2. The molecule has 0 unspecified atom stereocenters. The summed E-state index contributed by atoms with van der Waals surface area (Å²) in [7, 11) is 2.01. The lowest BCUT2D eigenvalue weighted by Gasteiger charge is -2.19. The first-order valence-corrected chi connectivity index (χ1v) is 8.04. The van der Waals surface area contributed by atoms with Crippen LogP contribution >= 0.6 is 22.9 Å². The smallest absolute Gasteiger partial charge is 0.225 e. The summed E-state index contributed by atoms with van der Waals surface area (Å²) in [6, 6.07) is 10.6. The van der Waals surface area contributed by atoms with E-state index in [9.17, 15) is 0 Å². The van der Waals surface area contributed by atoms with Gasteiger partial charge in [-0.25, -0.2) is 4.98 Å². The average Bonchev–Trinajstić information content (AvgIpc) is 2.85. The highest BCUT2D eigenvalue weighted by atomic mass is 35.5. The molecule has 1 aromatic carbocycles. The summed E-state index contributed by atoms with van der Waals surface area (Å²) < 4.78 is 0. The van der Waals surface area contributed by atoms with E-state index in [1.165, 1.54) is 10.4 Å². The number of rotatable bonds is 3. The molecular formula is C16H16ClN3S. The maximum absolute atomic E-state index is 6.07. The lowest BCUT2D eigenvalue weighted by molar-refractivity contribution is 1.10. The molecule has 3 rings (SSSR count). The Morgan fingerprint density at radius 1 is 1.19 bits per heavy atom. The van der Waals surface area contributed by atoms with Gasteiger partial charge in [0.05, 0.1) is 5.39 Å². The van der Waals surface area contributed by atoms with Gasteiger partial charge in [-0.3, -0.25) is 0 Å². The molecule has 5 heteroatoms. The Kier molecular flexibility index (Phi) is 3.83. The van der Waals surface area contributed by atoms with Crippen LogP contribution in [0, 0.1) is 6.92 Å². The van der Waals surface area contributed by atoms with E-state index in [4.69, 9.17) is 11.6 Å². The number of hydrogen-bond acceptors (Lipinski definition) is 4. The highest BCUT2D eigenvalue weighted by Crippen LogP contribution is 2.34. The monoisotopic (exact) mass is 317 g/mol. The highest BCUT2D eigenvalue weighted by Gasteiger charge is 2.14. The van der Waals surface area contributed by atoms with Crippen molar-refractivity contribution in [3.63, 3.8) is 0 Å². The predicted molar refractivity (Wildman–Crippen MR) is 91.0 cm³/mol. The summed E-state index contributed by atoms with van der Waals surface area (Å²) in [5.74, 6) is 0.846. The Hall–Kier alpha value is -1.65. The number of nitrogens with zero attached hydrogens (tertiary/aromatic N) is 3. The van der Waals surface area contributed by atoms with E-state index >= 15 is 0 Å². The van der Waals surface area contributed by atoms with Crippen molar-refractivity contribution in [3.8, 4) is 0 Å². The molecule has 0 amide bonds. The fraction of sp³-hybridized carbons (Fsp3) is 0.250. The Balaban J connectivity index is 2.09. The number of anilines is 2. The first kappa shape index (κ1) is 14.3. The third-order valence-corrected chi connectivity index (χ3v) is 4.63. The Labute approximate surface area is 133 Å². The van der Waals surface area contributed by atoms with Crippen LogP contribution in [0.3, 0.4) is 0 Å². The zero-order valence-electron chi connectivity index (χ0n) is 12.2. The van der Waals surface area contributed by atoms with Crippen LogP contribution in [0.25, 0.3) is 10.2 Å². The van der Waals surface area contributed by atoms with Gasteiger partial charge in [0.25, 0.3) is 0 Å². The quantitative estimate of drug-likeness (QED) is 0.638. The first-order valence-electron chi connectivity index (χ1n) is 6.85. The van der Waals surface area contributed by atoms with Crippen LogP contribution in [0.1, 0.15) is 17.4 Å². The zero-order chi connectivity index (χ0) is 15.0. The molecule has 0 atom stereocenters. The molecule has 2 heterocycles. The molecule has 2 aromatic heterocycles. The largest absolute Gasteiger partial charge is 0.329 e. The lowest BCUT2D eigenvalue weighted by Crippen LogP contribution is -2.12. The summed E-state index contributed by atoms with van der Waals surface area (Å²) in [6.45, 7) is 4.22. The molecule has 108 valence electrons. The molecule has 21 heavy (non-hydrogen) atoms. The van der Waals surface area contributed by atoms with E-state index in [1.807, 2.05) is 7.05 Å². The molecule has 0 aliphatic carbocycles. The highest BCUT2D eigenvalue weighted by molar-refractivity contribution is 7.18. The average molecular weight is 318 g/mol. The maximum atomic E-state index is 6.07. The molecule has 0 fully saturated rings. The van der Waals surface area contributed by atoms with Crippen LogP contribution in [-0.4, -0.2) is 17.0 Å². The summed E-state index contributed by atoms with van der Waals surface area (Å²) in [6.07, 6.45) is 1.04. The van der Waals surface area contributed by atoms with Gasteiger partial charge in [-0.05, 0) is 48.7 Å². The van der Waals surface area contributed by atoms with Crippen molar-refractivity contribution >= 4 is 44.7 Å². The number of aryl methyl sites for hydroxylation is 2. The van der Waals surface area contributed by atoms with Crippen molar-refractivity contribution in [2.45, 2.75) is 20.3 Å². The van der Waals surface area contributed by atoms with E-state index in [-0.39, 0.29) is 5.28 Å². The Morgan fingerprint density at radius 3 is 2.57 bits per heavy atom. The van der Waals surface area contributed by atoms with Gasteiger partial charge in [0, 0.05) is 17.6 Å². The molecule has 0 bridgehead atoms. The molecule has 0 aliphatic heterocycles. The van der Waals surface area contributed by atoms with Crippen LogP contribution in [-0.2, 0) is 6.42 Å². The summed E-state index contributed by atoms with van der Waals surface area (Å²) in [4.78, 5) is 12.9. The number of halogens is 1. The molecule has 3 aromatic rings. The first-order chi connectivity index (χ1) is 10.1. The van der Waals surface area contributed by atoms with Gasteiger partial charge in [0.2, 0.25) is 5.28 Å². The third kappa shape index (κ3) is 2.74. The van der Waals surface area contributed by atoms with Gasteiger partial charge in [0.1, 0.15) is 10.6 Å². The van der Waals surface area contributed by atoms with Crippen molar-refractivity contribution in [3.05, 3.63) is 46.1 Å². The second-order valence-corrected chi connectivity index (χ2v) is 6.54. The predicted octanol–water partition coefficient (Wildman–Crippen LogP) is 4.98. The van der Waals surface area contributed by atoms with Crippen molar-refractivity contribution in [1.29, 1.82) is 0 Å². The number of benzene rings is 1. The minimum Gasteiger partial charge on any atom is -0.329 e. The Bertz CT molecular complexity index is 780. The second kappa shape index (κ2) is 5.62. The molecule has 0 radical (unpaired) electrons. The molecule has 0 N–H and O–H groups in total. The van der Waals surface area contributed by atoms with Crippen LogP contribution in [0.15, 0.2) is 30.3 Å². The number of thiophene rings is 1. The van der Waals surface area contributed by atoms with E-state index in [0.29, 0.717) is 0 Å². The van der Waals surface area contributed by atoms with Crippen LogP contribution in [0.4, 0.5) is 11.5 Å². The van der Waals surface area contributed by atoms with Crippen molar-refractivity contribution in [2.75, 3.05) is 11.9 Å². The molecule has 0 spiro atoms. The number of hydrogen-bond donors (Lipinski definition) is 0. The van der Waals surface area contributed by atoms with Crippen LogP contribution in [0.5, 0.6) is 0 Å². The van der Waals surface area contributed by atoms with Gasteiger partial charge in [-0.1, -0.05) is 19.1 Å². The molecular weight excluding hydrogens is 302 g/mol.